The summed E-state index contributed by atoms with van der Waals surface area (Å²) < 4.78 is 9.27. The van der Waals surface area contributed by atoms with E-state index in [0.29, 0.717) is 0 Å². The summed E-state index contributed by atoms with van der Waals surface area (Å²) in [5.74, 6) is 1.88. The lowest BCUT2D eigenvalue weighted by Gasteiger charge is -2.24. The molecule has 3 aromatic rings. The summed E-state index contributed by atoms with van der Waals surface area (Å²) >= 11 is 0. The van der Waals surface area contributed by atoms with E-state index in [1.165, 1.54) is 50.6 Å². The molecule has 0 atom stereocenters. The lowest BCUT2D eigenvalue weighted by Crippen LogP contribution is -2.28. The number of aryl methyl sites for hydroxylation is 1. The fourth-order valence-electron chi connectivity index (χ4n) is 7.53. The Labute approximate surface area is 270 Å². The molecule has 3 nitrogen and oxygen atoms in total. The van der Waals surface area contributed by atoms with Gasteiger partial charge in [-0.2, -0.15) is 4.58 Å². The van der Waals surface area contributed by atoms with Crippen molar-refractivity contribution < 1.29 is 9.31 Å². The van der Waals surface area contributed by atoms with Gasteiger partial charge in [-0.1, -0.05) is 88.7 Å². The maximum atomic E-state index is 6.75. The van der Waals surface area contributed by atoms with Crippen LogP contribution in [0.5, 0.6) is 5.75 Å². The average Bonchev–Trinajstić information content (AvgIpc) is 3.42. The van der Waals surface area contributed by atoms with Gasteiger partial charge in [0.2, 0.25) is 5.69 Å². The van der Waals surface area contributed by atoms with Gasteiger partial charge in [-0.05, 0) is 92.2 Å². The second-order valence-electron chi connectivity index (χ2n) is 13.7. The molecule has 0 amide bonds. The van der Waals surface area contributed by atoms with Crippen LogP contribution < -0.4 is 10.1 Å². The zero-order valence-corrected chi connectivity index (χ0v) is 28.0. The highest BCUT2D eigenvalue weighted by Gasteiger charge is 2.44. The minimum absolute atomic E-state index is 0.0631. The molecular formula is C42H49N2O+. The Morgan fingerprint density at radius 3 is 2.36 bits per heavy atom. The molecule has 0 saturated carbocycles. The summed E-state index contributed by atoms with van der Waals surface area (Å²) in [4.78, 5) is 0. The first-order valence-electron chi connectivity index (χ1n) is 16.9. The molecule has 232 valence electrons. The van der Waals surface area contributed by atoms with Gasteiger partial charge >= 0.3 is 0 Å². The molecule has 1 N–H and O–H groups in total. The lowest BCUT2D eigenvalue weighted by molar-refractivity contribution is -0.437. The van der Waals surface area contributed by atoms with Gasteiger partial charge in [0.05, 0.1) is 5.41 Å². The van der Waals surface area contributed by atoms with Crippen LogP contribution in [0, 0.1) is 0 Å². The van der Waals surface area contributed by atoms with Crippen molar-refractivity contribution in [3.05, 3.63) is 136 Å². The van der Waals surface area contributed by atoms with Crippen LogP contribution >= 0.6 is 0 Å². The maximum absolute atomic E-state index is 6.75. The highest BCUT2D eigenvalue weighted by atomic mass is 16.5. The highest BCUT2D eigenvalue weighted by Crippen LogP contribution is 2.46. The van der Waals surface area contributed by atoms with Crippen molar-refractivity contribution in [2.75, 3.05) is 11.9 Å². The average molecular weight is 598 g/mol. The third-order valence-corrected chi connectivity index (χ3v) is 9.82. The molecule has 0 unspecified atom stereocenters. The van der Waals surface area contributed by atoms with Gasteiger partial charge in [0, 0.05) is 40.9 Å². The molecule has 3 heteroatoms. The standard InChI is InChI=1S/C42H48N2O/c1-7-16-30-17-15-23-35-39(30)42(5,6)37(43-35)27-25-31-18-14-19-32(40(31)45-33-20-10-9-11-21-33)26-28-38-41(3,4)34-22-12-13-24-36(34)44(38)29-8-2/h9-13,15,17,20-28H,7-8,14,16,18-19,29H2,1-6H3/p+1. The van der Waals surface area contributed by atoms with Crippen LogP contribution in [0.1, 0.15) is 90.3 Å². The van der Waals surface area contributed by atoms with Crippen molar-refractivity contribution in [3.8, 4) is 5.75 Å². The third kappa shape index (κ3) is 5.86. The summed E-state index contributed by atoms with van der Waals surface area (Å²) in [5, 5.41) is 3.77. The number of hydrogen-bond donors (Lipinski definition) is 1. The first-order valence-corrected chi connectivity index (χ1v) is 16.9. The first-order chi connectivity index (χ1) is 21.8. The molecule has 45 heavy (non-hydrogen) atoms. The minimum Gasteiger partial charge on any atom is -0.457 e. The molecule has 0 bridgehead atoms. The Hall–Kier alpha value is -4.11. The molecule has 6 rings (SSSR count). The number of para-hydroxylation sites is 2. The summed E-state index contributed by atoms with van der Waals surface area (Å²) in [7, 11) is 0. The lowest BCUT2D eigenvalue weighted by atomic mass is 9.80. The molecule has 1 aliphatic carbocycles. The van der Waals surface area contributed by atoms with Gasteiger partial charge in [0.1, 0.15) is 18.1 Å². The van der Waals surface area contributed by atoms with Gasteiger partial charge in [0.25, 0.3) is 0 Å². The Balaban J connectivity index is 1.41. The molecule has 0 saturated heterocycles. The predicted molar refractivity (Wildman–Crippen MR) is 190 cm³/mol. The molecule has 0 fully saturated rings. The van der Waals surface area contributed by atoms with Crippen LogP contribution in [0.25, 0.3) is 0 Å². The van der Waals surface area contributed by atoms with Gasteiger partial charge < -0.3 is 10.1 Å². The van der Waals surface area contributed by atoms with Crippen LogP contribution in [-0.4, -0.2) is 16.8 Å². The molecular weight excluding hydrogens is 548 g/mol. The summed E-state index contributed by atoms with van der Waals surface area (Å²) in [6, 6.07) is 25.9. The number of fused-ring (bicyclic) bond motifs is 2. The molecule has 3 aliphatic rings. The zero-order chi connectivity index (χ0) is 31.6. The third-order valence-electron chi connectivity index (χ3n) is 9.82. The highest BCUT2D eigenvalue weighted by molar-refractivity contribution is 6.03. The first kappa shape index (κ1) is 30.9. The van der Waals surface area contributed by atoms with Gasteiger partial charge in [-0.25, -0.2) is 0 Å². The Bertz CT molecular complexity index is 1730. The van der Waals surface area contributed by atoms with Crippen molar-refractivity contribution in [1.29, 1.82) is 0 Å². The Morgan fingerprint density at radius 2 is 1.58 bits per heavy atom. The van der Waals surface area contributed by atoms with E-state index in [-0.39, 0.29) is 10.8 Å². The minimum atomic E-state index is -0.0812. The molecule has 2 aliphatic heterocycles. The number of anilines is 1. The topological polar surface area (TPSA) is 24.3 Å². The monoisotopic (exact) mass is 597 g/mol. The summed E-state index contributed by atoms with van der Waals surface area (Å²) in [6.45, 7) is 14.9. The smallest absolute Gasteiger partial charge is 0.209 e. The van der Waals surface area contributed by atoms with Crippen molar-refractivity contribution in [2.45, 2.75) is 90.9 Å². The Kier molecular flexibility index (Phi) is 8.73. The van der Waals surface area contributed by atoms with Gasteiger partial charge in [-0.3, -0.25) is 0 Å². The number of rotatable bonds is 9. The predicted octanol–water partition coefficient (Wildman–Crippen LogP) is 10.7. The van der Waals surface area contributed by atoms with Gasteiger partial charge in [0.15, 0.2) is 5.71 Å². The summed E-state index contributed by atoms with van der Waals surface area (Å²) in [5.41, 5.74) is 11.8. The van der Waals surface area contributed by atoms with E-state index in [1.807, 2.05) is 18.2 Å². The molecule has 2 heterocycles. The maximum Gasteiger partial charge on any atom is 0.209 e. The largest absolute Gasteiger partial charge is 0.457 e. The quantitative estimate of drug-likeness (QED) is 0.248. The van der Waals surface area contributed by atoms with Crippen molar-refractivity contribution in [2.24, 2.45) is 0 Å². The number of nitrogens with one attached hydrogen (secondary N) is 1. The molecule has 0 radical (unpaired) electrons. The zero-order valence-electron chi connectivity index (χ0n) is 28.0. The van der Waals surface area contributed by atoms with E-state index >= 15 is 0 Å². The fraction of sp³-hybridized carbons (Fsp3) is 0.357. The van der Waals surface area contributed by atoms with Crippen LogP contribution in [0.3, 0.4) is 0 Å². The van der Waals surface area contributed by atoms with E-state index in [2.05, 4.69) is 130 Å². The summed E-state index contributed by atoms with van der Waals surface area (Å²) in [6.07, 6.45) is 15.8. The van der Waals surface area contributed by atoms with E-state index in [0.717, 1.165) is 56.6 Å². The second-order valence-corrected chi connectivity index (χ2v) is 13.7. The normalized spacial score (nSPS) is 20.2. The van der Waals surface area contributed by atoms with Crippen LogP contribution in [0.15, 0.2) is 120 Å². The van der Waals surface area contributed by atoms with Crippen molar-refractivity contribution >= 4 is 17.1 Å². The number of nitrogens with zero attached hydrogens (tertiary/aromatic N) is 1. The van der Waals surface area contributed by atoms with E-state index in [9.17, 15) is 0 Å². The number of hydrogen-bond acceptors (Lipinski definition) is 2. The van der Waals surface area contributed by atoms with E-state index in [4.69, 9.17) is 4.74 Å². The fourth-order valence-corrected chi connectivity index (χ4v) is 7.53. The Morgan fingerprint density at radius 1 is 0.800 bits per heavy atom. The van der Waals surface area contributed by atoms with Crippen molar-refractivity contribution in [1.82, 2.24) is 0 Å². The van der Waals surface area contributed by atoms with Crippen molar-refractivity contribution in [3.63, 3.8) is 0 Å². The molecule has 0 spiro atoms. The number of benzene rings is 3. The number of allylic oxidation sites excluding steroid dienone is 7. The van der Waals surface area contributed by atoms with Gasteiger partial charge in [-0.15, -0.1) is 0 Å². The van der Waals surface area contributed by atoms with E-state index in [1.54, 1.807) is 0 Å². The molecule has 3 aromatic carbocycles. The SMILES string of the molecule is CCCc1cccc2c1C(C)(C)C(=CC=C1CCCC(C=CC3=[N+](CCC)c4ccccc4C3(C)C)=C1Oc1ccccc1)N2. The van der Waals surface area contributed by atoms with E-state index < -0.39 is 0 Å². The number of ether oxygens (including phenoxy) is 1. The van der Waals surface area contributed by atoms with Crippen LogP contribution in [0.4, 0.5) is 11.4 Å². The van der Waals surface area contributed by atoms with Crippen LogP contribution in [0.2, 0.25) is 0 Å². The van der Waals surface area contributed by atoms with Crippen LogP contribution in [-0.2, 0) is 17.3 Å². The second kappa shape index (κ2) is 12.7. The molecule has 0 aromatic heterocycles.